The van der Waals surface area contributed by atoms with Gasteiger partial charge < -0.3 is 10.1 Å². The van der Waals surface area contributed by atoms with Crippen LogP contribution in [0, 0.1) is 0 Å². The van der Waals surface area contributed by atoms with Crippen molar-refractivity contribution < 1.29 is 4.74 Å². The molecule has 1 saturated carbocycles. The Hall–Kier alpha value is -0.940. The molecule has 1 aliphatic rings. The molecule has 0 bridgehead atoms. The normalized spacial score (nSPS) is 24.6. The Morgan fingerprint density at radius 1 is 1.42 bits per heavy atom. The van der Waals surface area contributed by atoms with E-state index in [-0.39, 0.29) is 5.54 Å². The number of aromatic nitrogens is 3. The van der Waals surface area contributed by atoms with Crippen molar-refractivity contribution >= 4 is 0 Å². The molecule has 2 rings (SSSR count). The quantitative estimate of drug-likeness (QED) is 0.908. The van der Waals surface area contributed by atoms with Gasteiger partial charge in [0.1, 0.15) is 12.2 Å². The number of hydrogen-bond acceptors (Lipinski definition) is 4. The molecule has 1 aromatic rings. The first-order chi connectivity index (χ1) is 8.99. The Labute approximate surface area is 115 Å². The zero-order chi connectivity index (χ0) is 13.9. The van der Waals surface area contributed by atoms with E-state index in [2.05, 4.69) is 40.9 Å². The van der Waals surface area contributed by atoms with Crippen LogP contribution in [0.25, 0.3) is 0 Å². The molecule has 5 nitrogen and oxygen atoms in total. The Morgan fingerprint density at radius 2 is 2.21 bits per heavy atom. The third-order valence-corrected chi connectivity index (χ3v) is 3.70. The number of rotatable bonds is 4. The maximum atomic E-state index is 5.50. The summed E-state index contributed by atoms with van der Waals surface area (Å²) in [6.07, 6.45) is 6.61. The summed E-state index contributed by atoms with van der Waals surface area (Å²) in [5, 5.41) is 7.89. The van der Waals surface area contributed by atoms with Crippen LogP contribution < -0.4 is 5.32 Å². The molecule has 0 spiro atoms. The van der Waals surface area contributed by atoms with Crippen molar-refractivity contribution in [3.63, 3.8) is 0 Å². The molecule has 1 heterocycles. The lowest BCUT2D eigenvalue weighted by Gasteiger charge is -2.29. The van der Waals surface area contributed by atoms with Gasteiger partial charge in [0.2, 0.25) is 0 Å². The number of methoxy groups -OCH3 is 1. The fraction of sp³-hybridized carbons (Fsp3) is 0.857. The summed E-state index contributed by atoms with van der Waals surface area (Å²) >= 11 is 0. The Bertz CT molecular complexity index is 396. The molecular formula is C14H26N4O. The van der Waals surface area contributed by atoms with E-state index in [1.165, 1.54) is 12.8 Å². The topological polar surface area (TPSA) is 52.0 Å². The first-order valence-electron chi connectivity index (χ1n) is 7.16. The molecule has 1 N–H and O–H groups in total. The third-order valence-electron chi connectivity index (χ3n) is 3.70. The fourth-order valence-corrected chi connectivity index (χ4v) is 2.61. The van der Waals surface area contributed by atoms with Crippen molar-refractivity contribution in [2.75, 3.05) is 7.11 Å². The monoisotopic (exact) mass is 266 g/mol. The zero-order valence-corrected chi connectivity index (χ0v) is 12.5. The van der Waals surface area contributed by atoms with E-state index in [0.717, 1.165) is 25.2 Å². The Morgan fingerprint density at radius 3 is 2.89 bits per heavy atom. The molecule has 2 atom stereocenters. The second-order valence-corrected chi connectivity index (χ2v) is 6.40. The Kier molecular flexibility index (Phi) is 4.58. The van der Waals surface area contributed by atoms with Crippen molar-refractivity contribution in [3.05, 3.63) is 12.2 Å². The predicted molar refractivity (Wildman–Crippen MR) is 74.9 cm³/mol. The van der Waals surface area contributed by atoms with Crippen molar-refractivity contribution in [1.29, 1.82) is 0 Å². The van der Waals surface area contributed by atoms with Crippen LogP contribution in [0.3, 0.4) is 0 Å². The van der Waals surface area contributed by atoms with Crippen LogP contribution in [-0.2, 0) is 11.3 Å². The van der Waals surface area contributed by atoms with Gasteiger partial charge in [0, 0.05) is 12.6 Å². The Balaban J connectivity index is 2.02. The van der Waals surface area contributed by atoms with Crippen LogP contribution in [0.5, 0.6) is 0 Å². The summed E-state index contributed by atoms with van der Waals surface area (Å²) in [4.78, 5) is 4.39. The minimum Gasteiger partial charge on any atom is -0.381 e. The maximum Gasteiger partial charge on any atom is 0.141 e. The highest BCUT2D eigenvalue weighted by Crippen LogP contribution is 2.29. The van der Waals surface area contributed by atoms with Crippen molar-refractivity contribution in [2.45, 2.75) is 70.7 Å². The molecule has 108 valence electrons. The van der Waals surface area contributed by atoms with Gasteiger partial charge >= 0.3 is 0 Å². The highest BCUT2D eigenvalue weighted by Gasteiger charge is 2.25. The number of hydrogen-bond donors (Lipinski definition) is 1. The summed E-state index contributed by atoms with van der Waals surface area (Å²) in [7, 11) is 1.80. The lowest BCUT2D eigenvalue weighted by Crippen LogP contribution is -2.36. The van der Waals surface area contributed by atoms with Gasteiger partial charge in [-0.2, -0.15) is 5.10 Å². The summed E-state index contributed by atoms with van der Waals surface area (Å²) in [5.74, 6) is 1.02. The van der Waals surface area contributed by atoms with E-state index in [4.69, 9.17) is 4.74 Å². The first kappa shape index (κ1) is 14.5. The van der Waals surface area contributed by atoms with Crippen LogP contribution in [0.1, 0.15) is 58.3 Å². The van der Waals surface area contributed by atoms with Crippen LogP contribution in [-0.4, -0.2) is 33.5 Å². The van der Waals surface area contributed by atoms with Crippen molar-refractivity contribution in [2.24, 2.45) is 0 Å². The first-order valence-corrected chi connectivity index (χ1v) is 7.16. The minimum absolute atomic E-state index is 0.0956. The standard InChI is InChI=1S/C14H26N4O/c1-14(2,3)16-9-13-15-10-17-18(13)11-6-5-7-12(8-11)19-4/h10-12,16H,5-9H2,1-4H3. The van der Waals surface area contributed by atoms with E-state index in [0.29, 0.717) is 12.1 Å². The molecule has 0 radical (unpaired) electrons. The van der Waals surface area contributed by atoms with Gasteiger partial charge in [-0.15, -0.1) is 0 Å². The van der Waals surface area contributed by atoms with E-state index in [1.807, 2.05) is 0 Å². The van der Waals surface area contributed by atoms with Gasteiger partial charge in [0.05, 0.1) is 18.7 Å². The summed E-state index contributed by atoms with van der Waals surface area (Å²) in [5.41, 5.74) is 0.0956. The molecule has 2 unspecified atom stereocenters. The average molecular weight is 266 g/mol. The molecule has 0 aromatic carbocycles. The molecule has 1 fully saturated rings. The summed E-state index contributed by atoms with van der Waals surface area (Å²) in [6.45, 7) is 7.25. The smallest absolute Gasteiger partial charge is 0.141 e. The molecule has 19 heavy (non-hydrogen) atoms. The number of ether oxygens (including phenoxy) is 1. The SMILES string of the molecule is COC1CCCC(n2ncnc2CNC(C)(C)C)C1. The van der Waals surface area contributed by atoms with Gasteiger partial charge in [-0.25, -0.2) is 9.67 Å². The van der Waals surface area contributed by atoms with Gasteiger partial charge in [0.15, 0.2) is 0 Å². The van der Waals surface area contributed by atoms with Gasteiger partial charge in [-0.3, -0.25) is 0 Å². The molecular weight excluding hydrogens is 240 g/mol. The molecule has 0 amide bonds. The maximum absolute atomic E-state index is 5.50. The molecule has 0 saturated heterocycles. The number of nitrogens with zero attached hydrogens (tertiary/aromatic N) is 3. The second-order valence-electron chi connectivity index (χ2n) is 6.40. The molecule has 1 aliphatic carbocycles. The minimum atomic E-state index is 0.0956. The highest BCUT2D eigenvalue weighted by molar-refractivity contribution is 4.91. The van der Waals surface area contributed by atoms with E-state index >= 15 is 0 Å². The van der Waals surface area contributed by atoms with Crippen LogP contribution in [0.2, 0.25) is 0 Å². The third kappa shape index (κ3) is 4.01. The van der Waals surface area contributed by atoms with Crippen molar-refractivity contribution in [3.8, 4) is 0 Å². The van der Waals surface area contributed by atoms with Crippen LogP contribution in [0.4, 0.5) is 0 Å². The number of nitrogens with one attached hydrogen (secondary N) is 1. The van der Waals surface area contributed by atoms with Crippen LogP contribution >= 0.6 is 0 Å². The second kappa shape index (κ2) is 6.01. The van der Waals surface area contributed by atoms with E-state index in [9.17, 15) is 0 Å². The van der Waals surface area contributed by atoms with Crippen molar-refractivity contribution in [1.82, 2.24) is 20.1 Å². The average Bonchev–Trinajstić information content (AvgIpc) is 2.84. The fourth-order valence-electron chi connectivity index (χ4n) is 2.61. The van der Waals surface area contributed by atoms with E-state index < -0.39 is 0 Å². The summed E-state index contributed by atoms with van der Waals surface area (Å²) in [6, 6.07) is 0.429. The zero-order valence-electron chi connectivity index (χ0n) is 12.5. The lowest BCUT2D eigenvalue weighted by atomic mass is 9.93. The lowest BCUT2D eigenvalue weighted by molar-refractivity contribution is 0.0500. The molecule has 5 heteroatoms. The highest BCUT2D eigenvalue weighted by atomic mass is 16.5. The van der Waals surface area contributed by atoms with Gasteiger partial charge in [-0.05, 0) is 46.5 Å². The molecule has 0 aliphatic heterocycles. The largest absolute Gasteiger partial charge is 0.381 e. The molecule has 1 aromatic heterocycles. The predicted octanol–water partition coefficient (Wildman–Crippen LogP) is 2.30. The van der Waals surface area contributed by atoms with Gasteiger partial charge in [-0.1, -0.05) is 0 Å². The van der Waals surface area contributed by atoms with Crippen LogP contribution in [0.15, 0.2) is 6.33 Å². The van der Waals surface area contributed by atoms with E-state index in [1.54, 1.807) is 13.4 Å². The van der Waals surface area contributed by atoms with Gasteiger partial charge in [0.25, 0.3) is 0 Å². The summed E-state index contributed by atoms with van der Waals surface area (Å²) < 4.78 is 7.58.